The van der Waals surface area contributed by atoms with E-state index in [9.17, 15) is 5.11 Å². The largest absolute Gasteiger partial charge is 0.385 e. The van der Waals surface area contributed by atoms with E-state index in [0.29, 0.717) is 0 Å². The van der Waals surface area contributed by atoms with Crippen LogP contribution in [0.1, 0.15) is 18.7 Å². The molecule has 6 heteroatoms. The summed E-state index contributed by atoms with van der Waals surface area (Å²) in [6, 6.07) is 1.87. The maximum Gasteiger partial charge on any atom is 0.224 e. The highest BCUT2D eigenvalue weighted by Crippen LogP contribution is 2.36. The second-order valence-electron chi connectivity index (χ2n) is 3.89. The Morgan fingerprint density at radius 3 is 2.69 bits per heavy atom. The summed E-state index contributed by atoms with van der Waals surface area (Å²) < 4.78 is 0.981. The van der Waals surface area contributed by atoms with Crippen LogP contribution in [-0.4, -0.2) is 21.3 Å². The second kappa shape index (κ2) is 4.14. The molecule has 2 aromatic heterocycles. The molecule has 3 nitrogen and oxygen atoms in total. The van der Waals surface area contributed by atoms with E-state index in [0.717, 1.165) is 20.1 Å². The number of thioether (sulfide) groups is 1. The molecule has 0 bridgehead atoms. The third-order valence-corrected chi connectivity index (χ3v) is 4.53. The first-order valence-corrected chi connectivity index (χ1v) is 7.07. The van der Waals surface area contributed by atoms with Crippen molar-refractivity contribution in [2.45, 2.75) is 24.5 Å². The first-order valence-electron chi connectivity index (χ1n) is 4.65. The van der Waals surface area contributed by atoms with Crippen molar-refractivity contribution in [1.29, 1.82) is 0 Å². The van der Waals surface area contributed by atoms with Gasteiger partial charge in [-0.1, -0.05) is 0 Å². The number of hydrogen-bond acceptors (Lipinski definition) is 5. The van der Waals surface area contributed by atoms with Crippen LogP contribution >= 0.6 is 34.7 Å². The van der Waals surface area contributed by atoms with E-state index in [4.69, 9.17) is 11.6 Å². The lowest BCUT2D eigenvalue weighted by atomic mass is 10.1. The van der Waals surface area contributed by atoms with Crippen molar-refractivity contribution in [1.82, 2.24) is 9.97 Å². The zero-order valence-electron chi connectivity index (χ0n) is 9.11. The fourth-order valence-electron chi connectivity index (χ4n) is 1.32. The molecule has 0 aliphatic heterocycles. The van der Waals surface area contributed by atoms with Crippen molar-refractivity contribution in [2.75, 3.05) is 6.26 Å². The normalized spacial score (nSPS) is 12.3. The molecule has 86 valence electrons. The highest BCUT2D eigenvalue weighted by molar-refractivity contribution is 7.98. The lowest BCUT2D eigenvalue weighted by molar-refractivity contribution is 0.0826. The molecule has 0 atom stereocenters. The standard InChI is InChI=1S/C10H11ClN2OS2/c1-10(2,14)6-4-5-7(16-6)8(15-3)13-9(11)12-5/h4,14H,1-3H3. The van der Waals surface area contributed by atoms with E-state index in [1.54, 1.807) is 13.8 Å². The minimum atomic E-state index is -0.854. The molecule has 1 N–H and O–H groups in total. The summed E-state index contributed by atoms with van der Waals surface area (Å²) in [7, 11) is 0. The number of aromatic nitrogens is 2. The van der Waals surface area contributed by atoms with Gasteiger partial charge in [0, 0.05) is 4.88 Å². The second-order valence-corrected chi connectivity index (χ2v) is 6.07. The Hall–Kier alpha value is -0.360. The first kappa shape index (κ1) is 12.1. The highest BCUT2D eigenvalue weighted by Gasteiger charge is 2.21. The fourth-order valence-corrected chi connectivity index (χ4v) is 3.37. The Bertz CT molecular complexity index is 533. The maximum absolute atomic E-state index is 9.95. The van der Waals surface area contributed by atoms with Crippen molar-refractivity contribution in [3.05, 3.63) is 16.2 Å². The number of aliphatic hydroxyl groups is 1. The van der Waals surface area contributed by atoms with Crippen LogP contribution in [0.15, 0.2) is 11.1 Å². The molecule has 0 fully saturated rings. The number of thiophene rings is 1. The van der Waals surface area contributed by atoms with Crippen LogP contribution in [-0.2, 0) is 5.60 Å². The molecule has 0 saturated heterocycles. The van der Waals surface area contributed by atoms with E-state index in [2.05, 4.69) is 9.97 Å². The van der Waals surface area contributed by atoms with Gasteiger partial charge in [-0.25, -0.2) is 9.97 Å². The topological polar surface area (TPSA) is 46.0 Å². The Morgan fingerprint density at radius 2 is 2.12 bits per heavy atom. The van der Waals surface area contributed by atoms with Crippen LogP contribution in [0.2, 0.25) is 5.28 Å². The van der Waals surface area contributed by atoms with Gasteiger partial charge >= 0.3 is 0 Å². The fraction of sp³-hybridized carbons (Fsp3) is 0.400. The predicted octanol–water partition coefficient (Wildman–Crippen LogP) is 3.29. The van der Waals surface area contributed by atoms with Gasteiger partial charge in [0.2, 0.25) is 5.28 Å². The average Bonchev–Trinajstić information content (AvgIpc) is 2.59. The van der Waals surface area contributed by atoms with Gasteiger partial charge in [-0.3, -0.25) is 0 Å². The van der Waals surface area contributed by atoms with Crippen LogP contribution in [0.5, 0.6) is 0 Å². The van der Waals surface area contributed by atoms with Gasteiger partial charge in [0.1, 0.15) is 5.03 Å². The Morgan fingerprint density at radius 1 is 1.44 bits per heavy atom. The highest BCUT2D eigenvalue weighted by atomic mass is 35.5. The Labute approximate surface area is 107 Å². The van der Waals surface area contributed by atoms with E-state index in [1.165, 1.54) is 23.1 Å². The van der Waals surface area contributed by atoms with Crippen LogP contribution in [0, 0.1) is 0 Å². The number of nitrogens with zero attached hydrogens (tertiary/aromatic N) is 2. The van der Waals surface area contributed by atoms with Gasteiger partial charge in [-0.2, -0.15) is 0 Å². The van der Waals surface area contributed by atoms with Crippen molar-refractivity contribution in [2.24, 2.45) is 0 Å². The van der Waals surface area contributed by atoms with Crippen LogP contribution in [0.3, 0.4) is 0 Å². The summed E-state index contributed by atoms with van der Waals surface area (Å²) in [4.78, 5) is 9.19. The minimum Gasteiger partial charge on any atom is -0.385 e. The lowest BCUT2D eigenvalue weighted by Crippen LogP contribution is -2.12. The monoisotopic (exact) mass is 274 g/mol. The summed E-state index contributed by atoms with van der Waals surface area (Å²) in [5.74, 6) is 0. The smallest absolute Gasteiger partial charge is 0.224 e. The predicted molar refractivity (Wildman–Crippen MR) is 69.5 cm³/mol. The van der Waals surface area contributed by atoms with Crippen LogP contribution in [0.25, 0.3) is 10.2 Å². The molecule has 16 heavy (non-hydrogen) atoms. The van der Waals surface area contributed by atoms with Crippen molar-refractivity contribution in [3.63, 3.8) is 0 Å². The molecular weight excluding hydrogens is 264 g/mol. The Kier molecular flexibility index (Phi) is 3.13. The number of rotatable bonds is 2. The summed E-state index contributed by atoms with van der Waals surface area (Å²) in [6.07, 6.45) is 1.95. The van der Waals surface area contributed by atoms with E-state index in [-0.39, 0.29) is 5.28 Å². The molecule has 0 unspecified atom stereocenters. The zero-order valence-corrected chi connectivity index (χ0v) is 11.5. The summed E-state index contributed by atoms with van der Waals surface area (Å²) >= 11 is 8.87. The number of halogens is 1. The van der Waals surface area contributed by atoms with E-state index >= 15 is 0 Å². The molecule has 0 spiro atoms. The molecule has 0 saturated carbocycles. The van der Waals surface area contributed by atoms with E-state index < -0.39 is 5.60 Å². The number of fused-ring (bicyclic) bond motifs is 1. The first-order chi connectivity index (χ1) is 7.41. The lowest BCUT2D eigenvalue weighted by Gasteiger charge is -2.13. The molecule has 0 aliphatic rings. The molecule has 2 aromatic rings. The summed E-state index contributed by atoms with van der Waals surface area (Å²) in [5, 5.41) is 11.0. The quantitative estimate of drug-likeness (QED) is 0.519. The van der Waals surface area contributed by atoms with Crippen LogP contribution in [0.4, 0.5) is 0 Å². The van der Waals surface area contributed by atoms with Gasteiger partial charge in [0.25, 0.3) is 0 Å². The average molecular weight is 275 g/mol. The molecule has 0 aromatic carbocycles. The molecular formula is C10H11ClN2OS2. The molecule has 0 aliphatic carbocycles. The maximum atomic E-state index is 9.95. The van der Waals surface area contributed by atoms with Gasteiger partial charge in [0.15, 0.2) is 0 Å². The van der Waals surface area contributed by atoms with Gasteiger partial charge in [-0.05, 0) is 37.8 Å². The SMILES string of the molecule is CSc1nc(Cl)nc2cc(C(C)(C)O)sc12. The summed E-state index contributed by atoms with van der Waals surface area (Å²) in [6.45, 7) is 3.51. The van der Waals surface area contributed by atoms with Gasteiger partial charge in [0.05, 0.1) is 15.8 Å². The Balaban J connectivity index is 2.70. The zero-order chi connectivity index (χ0) is 11.9. The number of hydrogen-bond donors (Lipinski definition) is 1. The van der Waals surface area contributed by atoms with Crippen molar-refractivity contribution >= 4 is 44.9 Å². The third-order valence-electron chi connectivity index (χ3n) is 2.11. The molecule has 2 heterocycles. The summed E-state index contributed by atoms with van der Waals surface area (Å²) in [5.41, 5.74) is -0.0560. The van der Waals surface area contributed by atoms with Crippen molar-refractivity contribution in [3.8, 4) is 0 Å². The minimum absolute atomic E-state index is 0.247. The third kappa shape index (κ3) is 2.18. The van der Waals surface area contributed by atoms with Crippen molar-refractivity contribution < 1.29 is 5.11 Å². The molecule has 0 amide bonds. The van der Waals surface area contributed by atoms with Crippen LogP contribution < -0.4 is 0 Å². The van der Waals surface area contributed by atoms with E-state index in [1.807, 2.05) is 12.3 Å². The molecule has 2 rings (SSSR count). The molecule has 0 radical (unpaired) electrons. The van der Waals surface area contributed by atoms with Gasteiger partial charge < -0.3 is 5.11 Å². The van der Waals surface area contributed by atoms with Gasteiger partial charge in [-0.15, -0.1) is 23.1 Å².